The van der Waals surface area contributed by atoms with Gasteiger partial charge in [0.2, 0.25) is 0 Å². The Kier molecular flexibility index (Phi) is 3.87. The SMILES string of the molecule is CC(C)CN(C)c1ccc2nc(CN)c(Br)n2n1. The van der Waals surface area contributed by atoms with E-state index in [2.05, 4.69) is 44.8 Å². The fourth-order valence-corrected chi connectivity index (χ4v) is 2.43. The van der Waals surface area contributed by atoms with Gasteiger partial charge in [0.05, 0.1) is 5.69 Å². The molecule has 18 heavy (non-hydrogen) atoms. The van der Waals surface area contributed by atoms with E-state index in [9.17, 15) is 0 Å². The van der Waals surface area contributed by atoms with Crippen LogP contribution in [0.3, 0.4) is 0 Å². The molecule has 0 unspecified atom stereocenters. The highest BCUT2D eigenvalue weighted by Gasteiger charge is 2.11. The van der Waals surface area contributed by atoms with Crippen LogP contribution in [0.4, 0.5) is 5.82 Å². The zero-order chi connectivity index (χ0) is 13.3. The lowest BCUT2D eigenvalue weighted by atomic mass is 10.2. The first-order valence-corrected chi connectivity index (χ1v) is 6.77. The summed E-state index contributed by atoms with van der Waals surface area (Å²) < 4.78 is 2.62. The Bertz CT molecular complexity index is 549. The van der Waals surface area contributed by atoms with Gasteiger partial charge in [-0.3, -0.25) is 0 Å². The van der Waals surface area contributed by atoms with E-state index in [1.807, 2.05) is 19.2 Å². The minimum absolute atomic E-state index is 0.404. The molecule has 0 amide bonds. The van der Waals surface area contributed by atoms with Gasteiger partial charge >= 0.3 is 0 Å². The van der Waals surface area contributed by atoms with Crippen LogP contribution in [0.25, 0.3) is 5.65 Å². The molecule has 0 spiro atoms. The van der Waals surface area contributed by atoms with Crippen molar-refractivity contribution in [2.24, 2.45) is 11.7 Å². The molecule has 0 aliphatic carbocycles. The Labute approximate surface area is 115 Å². The molecular formula is C12H18BrN5. The van der Waals surface area contributed by atoms with Crippen LogP contribution in [0.15, 0.2) is 16.7 Å². The van der Waals surface area contributed by atoms with Crippen LogP contribution < -0.4 is 10.6 Å². The number of halogens is 1. The summed E-state index contributed by atoms with van der Waals surface area (Å²) in [6.45, 7) is 5.75. The van der Waals surface area contributed by atoms with Crippen LogP contribution in [0.5, 0.6) is 0 Å². The maximum absolute atomic E-state index is 5.63. The van der Waals surface area contributed by atoms with Gasteiger partial charge in [0.15, 0.2) is 5.65 Å². The molecule has 98 valence electrons. The third-order valence-corrected chi connectivity index (χ3v) is 3.49. The van der Waals surface area contributed by atoms with E-state index in [1.54, 1.807) is 4.52 Å². The van der Waals surface area contributed by atoms with E-state index in [1.165, 1.54) is 0 Å². The summed E-state index contributed by atoms with van der Waals surface area (Å²) in [5, 5.41) is 4.57. The van der Waals surface area contributed by atoms with Gasteiger partial charge < -0.3 is 10.6 Å². The van der Waals surface area contributed by atoms with Crippen LogP contribution in [0.2, 0.25) is 0 Å². The van der Waals surface area contributed by atoms with Gasteiger partial charge in [-0.25, -0.2) is 9.50 Å². The Morgan fingerprint density at radius 2 is 2.17 bits per heavy atom. The highest BCUT2D eigenvalue weighted by molar-refractivity contribution is 9.10. The molecule has 0 fully saturated rings. The maximum atomic E-state index is 5.63. The van der Waals surface area contributed by atoms with E-state index >= 15 is 0 Å². The van der Waals surface area contributed by atoms with Crippen molar-refractivity contribution in [1.29, 1.82) is 0 Å². The molecule has 0 aliphatic rings. The highest BCUT2D eigenvalue weighted by Crippen LogP contribution is 2.20. The van der Waals surface area contributed by atoms with E-state index in [0.29, 0.717) is 12.5 Å². The molecule has 0 aliphatic heterocycles. The van der Waals surface area contributed by atoms with Gasteiger partial charge in [-0.1, -0.05) is 13.8 Å². The first-order chi connectivity index (χ1) is 8.52. The molecule has 6 heteroatoms. The lowest BCUT2D eigenvalue weighted by molar-refractivity contribution is 0.631. The molecule has 0 aromatic carbocycles. The fraction of sp³-hybridized carbons (Fsp3) is 0.500. The van der Waals surface area contributed by atoms with Crippen molar-refractivity contribution in [3.05, 3.63) is 22.4 Å². The van der Waals surface area contributed by atoms with Gasteiger partial charge in [-0.05, 0) is 34.0 Å². The van der Waals surface area contributed by atoms with E-state index in [0.717, 1.165) is 28.3 Å². The molecule has 0 saturated heterocycles. The number of fused-ring (bicyclic) bond motifs is 1. The second-order valence-electron chi connectivity index (χ2n) is 4.79. The smallest absolute Gasteiger partial charge is 0.155 e. The molecule has 2 heterocycles. The number of nitrogens with two attached hydrogens (primary N) is 1. The van der Waals surface area contributed by atoms with Gasteiger partial charge in [0.25, 0.3) is 0 Å². The van der Waals surface area contributed by atoms with E-state index in [-0.39, 0.29) is 0 Å². The summed E-state index contributed by atoms with van der Waals surface area (Å²) in [5.41, 5.74) is 7.27. The summed E-state index contributed by atoms with van der Waals surface area (Å²) >= 11 is 3.49. The fourth-order valence-electron chi connectivity index (χ4n) is 1.92. The number of anilines is 1. The van der Waals surface area contributed by atoms with E-state index < -0.39 is 0 Å². The predicted molar refractivity (Wildman–Crippen MR) is 76.7 cm³/mol. The van der Waals surface area contributed by atoms with Crippen LogP contribution in [0.1, 0.15) is 19.5 Å². The van der Waals surface area contributed by atoms with Crippen LogP contribution in [0, 0.1) is 5.92 Å². The minimum atomic E-state index is 0.404. The summed E-state index contributed by atoms with van der Waals surface area (Å²) in [6.07, 6.45) is 0. The molecule has 2 rings (SSSR count). The van der Waals surface area contributed by atoms with Gasteiger partial charge in [0.1, 0.15) is 10.4 Å². The number of hydrogen-bond acceptors (Lipinski definition) is 4. The molecule has 2 N–H and O–H groups in total. The normalized spacial score (nSPS) is 11.4. The molecule has 0 saturated carbocycles. The molecule has 2 aromatic rings. The Hall–Kier alpha value is -1.14. The predicted octanol–water partition coefficient (Wildman–Crippen LogP) is 2.04. The third-order valence-electron chi connectivity index (χ3n) is 2.70. The van der Waals surface area contributed by atoms with E-state index in [4.69, 9.17) is 5.73 Å². The van der Waals surface area contributed by atoms with Crippen molar-refractivity contribution in [1.82, 2.24) is 14.6 Å². The molecule has 0 bridgehead atoms. The quantitative estimate of drug-likeness (QED) is 0.938. The number of hydrogen-bond donors (Lipinski definition) is 1. The van der Waals surface area contributed by atoms with Crippen molar-refractivity contribution in [3.63, 3.8) is 0 Å². The average Bonchev–Trinajstić information content (AvgIpc) is 2.65. The van der Waals surface area contributed by atoms with Crippen molar-refractivity contribution in [2.45, 2.75) is 20.4 Å². The summed E-state index contributed by atoms with van der Waals surface area (Å²) in [7, 11) is 2.04. The second-order valence-corrected chi connectivity index (χ2v) is 5.54. The van der Waals surface area contributed by atoms with Gasteiger partial charge in [-0.15, -0.1) is 5.10 Å². The minimum Gasteiger partial charge on any atom is -0.358 e. The molecule has 5 nitrogen and oxygen atoms in total. The van der Waals surface area contributed by atoms with Crippen molar-refractivity contribution in [3.8, 4) is 0 Å². The average molecular weight is 312 g/mol. The molecule has 2 aromatic heterocycles. The Morgan fingerprint density at radius 1 is 1.44 bits per heavy atom. The second kappa shape index (κ2) is 5.24. The summed E-state index contributed by atoms with van der Waals surface area (Å²) in [4.78, 5) is 6.54. The van der Waals surface area contributed by atoms with Crippen LogP contribution >= 0.6 is 15.9 Å². The van der Waals surface area contributed by atoms with Crippen molar-refractivity contribution < 1.29 is 0 Å². The van der Waals surface area contributed by atoms with Crippen molar-refractivity contribution in [2.75, 3.05) is 18.5 Å². The first kappa shape index (κ1) is 13.3. The standard InChI is InChI=1S/C12H18BrN5/c1-8(2)7-17(3)11-5-4-10-15-9(6-14)12(13)18(10)16-11/h4-5,8H,6-7,14H2,1-3H3. The topological polar surface area (TPSA) is 59.5 Å². The monoisotopic (exact) mass is 311 g/mol. The zero-order valence-electron chi connectivity index (χ0n) is 10.9. The largest absolute Gasteiger partial charge is 0.358 e. The third kappa shape index (κ3) is 2.49. The first-order valence-electron chi connectivity index (χ1n) is 5.98. The van der Waals surface area contributed by atoms with Gasteiger partial charge in [-0.2, -0.15) is 0 Å². The zero-order valence-corrected chi connectivity index (χ0v) is 12.5. The van der Waals surface area contributed by atoms with Gasteiger partial charge in [0, 0.05) is 20.1 Å². The maximum Gasteiger partial charge on any atom is 0.155 e. The molecular weight excluding hydrogens is 294 g/mol. The van der Waals surface area contributed by atoms with Crippen LogP contribution in [-0.2, 0) is 6.54 Å². The summed E-state index contributed by atoms with van der Waals surface area (Å²) in [5.74, 6) is 1.52. The lowest BCUT2D eigenvalue weighted by Crippen LogP contribution is -2.24. The Balaban J connectivity index is 2.40. The number of nitrogens with zero attached hydrogens (tertiary/aromatic N) is 4. The summed E-state index contributed by atoms with van der Waals surface area (Å²) in [6, 6.07) is 3.94. The Morgan fingerprint density at radius 3 is 2.78 bits per heavy atom. The van der Waals surface area contributed by atoms with Crippen molar-refractivity contribution >= 4 is 27.4 Å². The highest BCUT2D eigenvalue weighted by atomic mass is 79.9. The number of rotatable bonds is 4. The molecule has 0 radical (unpaired) electrons. The molecule has 0 atom stereocenters. The van der Waals surface area contributed by atoms with Crippen LogP contribution in [-0.4, -0.2) is 28.2 Å². The number of aromatic nitrogens is 3. The lowest BCUT2D eigenvalue weighted by Gasteiger charge is -2.20. The number of imidazole rings is 1.